The highest BCUT2D eigenvalue weighted by atomic mass is 19.3. The Labute approximate surface area is 154 Å². The number of para-hydroxylation sites is 1. The summed E-state index contributed by atoms with van der Waals surface area (Å²) < 4.78 is 27.2. The number of halogens is 2. The summed E-state index contributed by atoms with van der Waals surface area (Å²) in [6.07, 6.45) is 1.76. The Kier molecular flexibility index (Phi) is 4.35. The fourth-order valence-corrected chi connectivity index (χ4v) is 3.24. The van der Waals surface area contributed by atoms with E-state index < -0.39 is 5.92 Å². The van der Waals surface area contributed by atoms with Gasteiger partial charge < -0.3 is 5.32 Å². The van der Waals surface area contributed by atoms with Gasteiger partial charge in [0.1, 0.15) is 0 Å². The van der Waals surface area contributed by atoms with Crippen molar-refractivity contribution in [2.24, 2.45) is 7.05 Å². The van der Waals surface area contributed by atoms with Crippen molar-refractivity contribution < 1.29 is 13.6 Å². The number of alkyl halides is 2. The van der Waals surface area contributed by atoms with E-state index in [1.54, 1.807) is 28.9 Å². The first kappa shape index (κ1) is 17.5. The molecule has 0 bridgehead atoms. The molecule has 4 rings (SSSR count). The molecule has 2 aromatic heterocycles. The van der Waals surface area contributed by atoms with Crippen molar-refractivity contribution in [3.05, 3.63) is 48.3 Å². The maximum atomic E-state index is 12.8. The number of pyridine rings is 1. The second-order valence-corrected chi connectivity index (χ2v) is 6.78. The topological polar surface area (TPSA) is 63.1 Å². The molecule has 1 aliphatic heterocycles. The average Bonchev–Trinajstić information content (AvgIpc) is 3.01. The van der Waals surface area contributed by atoms with E-state index in [9.17, 15) is 13.6 Å². The number of carbonyl (C=O) groups excluding carboxylic acids is 1. The van der Waals surface area contributed by atoms with Crippen LogP contribution in [0.15, 0.2) is 42.6 Å². The van der Waals surface area contributed by atoms with Crippen LogP contribution in [0.5, 0.6) is 0 Å². The first-order valence-electron chi connectivity index (χ1n) is 8.69. The fourth-order valence-electron chi connectivity index (χ4n) is 3.24. The quantitative estimate of drug-likeness (QED) is 0.748. The second kappa shape index (κ2) is 6.70. The summed E-state index contributed by atoms with van der Waals surface area (Å²) in [5, 5.41) is 8.00. The number of hydrogen-bond acceptors (Lipinski definition) is 4. The zero-order valence-corrected chi connectivity index (χ0v) is 14.8. The molecule has 1 saturated heterocycles. The highest BCUT2D eigenvalue weighted by Gasteiger charge is 2.43. The van der Waals surface area contributed by atoms with Gasteiger partial charge in [0.25, 0.3) is 11.8 Å². The SMILES string of the molecule is Cn1nc(C(=O)NCCN2CC(F)(F)C2)cc1-c1cnc2ccccc2c1. The van der Waals surface area contributed by atoms with Crippen molar-refractivity contribution in [2.45, 2.75) is 5.92 Å². The second-order valence-electron chi connectivity index (χ2n) is 6.78. The Morgan fingerprint density at radius 3 is 2.81 bits per heavy atom. The van der Waals surface area contributed by atoms with E-state index in [1.807, 2.05) is 30.3 Å². The van der Waals surface area contributed by atoms with Gasteiger partial charge in [-0.1, -0.05) is 18.2 Å². The largest absolute Gasteiger partial charge is 0.349 e. The van der Waals surface area contributed by atoms with Crippen molar-refractivity contribution >= 4 is 16.8 Å². The molecule has 0 radical (unpaired) electrons. The molecule has 3 heterocycles. The molecule has 1 aromatic carbocycles. The zero-order chi connectivity index (χ0) is 19.0. The third-order valence-corrected chi connectivity index (χ3v) is 4.62. The lowest BCUT2D eigenvalue weighted by Gasteiger charge is -2.38. The van der Waals surface area contributed by atoms with Crippen LogP contribution in [0.2, 0.25) is 0 Å². The van der Waals surface area contributed by atoms with E-state index in [4.69, 9.17) is 0 Å². The Bertz CT molecular complexity index is 993. The van der Waals surface area contributed by atoms with Crippen LogP contribution in [0.1, 0.15) is 10.5 Å². The number of fused-ring (bicyclic) bond motifs is 1. The molecule has 0 aliphatic carbocycles. The van der Waals surface area contributed by atoms with Crippen LogP contribution in [0.25, 0.3) is 22.2 Å². The van der Waals surface area contributed by atoms with E-state index in [2.05, 4.69) is 15.4 Å². The van der Waals surface area contributed by atoms with E-state index in [0.29, 0.717) is 13.1 Å². The lowest BCUT2D eigenvalue weighted by molar-refractivity contribution is -0.129. The van der Waals surface area contributed by atoms with Gasteiger partial charge in [0, 0.05) is 37.3 Å². The molecule has 1 N–H and O–H groups in total. The molecule has 0 spiro atoms. The molecular formula is C19H19F2N5O. The first-order valence-corrected chi connectivity index (χ1v) is 8.69. The fraction of sp³-hybridized carbons (Fsp3) is 0.316. The number of hydrogen-bond donors (Lipinski definition) is 1. The first-order chi connectivity index (χ1) is 12.9. The molecule has 8 heteroatoms. The molecule has 0 atom stereocenters. The summed E-state index contributed by atoms with van der Waals surface area (Å²) in [6, 6.07) is 11.5. The van der Waals surface area contributed by atoms with Crippen molar-refractivity contribution in [1.82, 2.24) is 25.0 Å². The van der Waals surface area contributed by atoms with Gasteiger partial charge >= 0.3 is 0 Å². The van der Waals surface area contributed by atoms with Crippen molar-refractivity contribution in [3.8, 4) is 11.3 Å². The summed E-state index contributed by atoms with van der Waals surface area (Å²) in [5.74, 6) is -2.91. The normalized spacial score (nSPS) is 16.3. The molecule has 3 aromatic rings. The molecule has 140 valence electrons. The van der Waals surface area contributed by atoms with Crippen LogP contribution in [0, 0.1) is 0 Å². The molecule has 1 aliphatic rings. The number of benzene rings is 1. The van der Waals surface area contributed by atoms with Gasteiger partial charge in [-0.05, 0) is 18.2 Å². The van der Waals surface area contributed by atoms with Crippen LogP contribution in [0.3, 0.4) is 0 Å². The number of nitrogens with zero attached hydrogens (tertiary/aromatic N) is 4. The third kappa shape index (κ3) is 3.66. The third-order valence-electron chi connectivity index (χ3n) is 4.62. The van der Waals surface area contributed by atoms with Gasteiger partial charge in [-0.25, -0.2) is 8.78 Å². The smallest absolute Gasteiger partial charge is 0.272 e. The molecular weight excluding hydrogens is 352 g/mol. The Hall–Kier alpha value is -2.87. The molecule has 1 fully saturated rings. The van der Waals surface area contributed by atoms with Crippen molar-refractivity contribution in [3.63, 3.8) is 0 Å². The van der Waals surface area contributed by atoms with Crippen LogP contribution in [-0.4, -0.2) is 57.7 Å². The van der Waals surface area contributed by atoms with Crippen LogP contribution in [0.4, 0.5) is 8.78 Å². The zero-order valence-electron chi connectivity index (χ0n) is 14.8. The lowest BCUT2D eigenvalue weighted by Crippen LogP contribution is -2.57. The minimum atomic E-state index is -2.59. The maximum Gasteiger partial charge on any atom is 0.272 e. The van der Waals surface area contributed by atoms with Crippen LogP contribution in [-0.2, 0) is 7.05 Å². The summed E-state index contributed by atoms with van der Waals surface area (Å²) >= 11 is 0. The van der Waals surface area contributed by atoms with Crippen LogP contribution < -0.4 is 5.32 Å². The van der Waals surface area contributed by atoms with Crippen LogP contribution >= 0.6 is 0 Å². The average molecular weight is 371 g/mol. The minimum Gasteiger partial charge on any atom is -0.349 e. The van der Waals surface area contributed by atoms with Crippen molar-refractivity contribution in [2.75, 3.05) is 26.2 Å². The Morgan fingerprint density at radius 1 is 1.26 bits per heavy atom. The number of amides is 1. The monoisotopic (exact) mass is 371 g/mol. The number of nitrogens with one attached hydrogen (secondary N) is 1. The van der Waals surface area contributed by atoms with Crippen molar-refractivity contribution in [1.29, 1.82) is 0 Å². The number of aryl methyl sites for hydroxylation is 1. The molecule has 1 amide bonds. The standard InChI is InChI=1S/C19H19F2N5O/c1-25-17(14-8-13-4-2-3-5-15(13)23-10-14)9-16(24-25)18(27)22-6-7-26-11-19(20,21)12-26/h2-5,8-10H,6-7,11-12H2,1H3,(H,22,27). The van der Waals surface area contributed by atoms with E-state index in [0.717, 1.165) is 22.2 Å². The Balaban J connectivity index is 1.43. The molecule has 6 nitrogen and oxygen atoms in total. The summed E-state index contributed by atoms with van der Waals surface area (Å²) in [7, 11) is 1.77. The van der Waals surface area contributed by atoms with Gasteiger partial charge in [-0.2, -0.15) is 5.10 Å². The van der Waals surface area contributed by atoms with E-state index in [1.165, 1.54) is 0 Å². The predicted octanol–water partition coefficient (Wildman–Crippen LogP) is 2.32. The number of carbonyl (C=O) groups is 1. The van der Waals surface area contributed by atoms with E-state index >= 15 is 0 Å². The lowest BCUT2D eigenvalue weighted by atomic mass is 10.1. The maximum absolute atomic E-state index is 12.8. The predicted molar refractivity (Wildman–Crippen MR) is 97.7 cm³/mol. The summed E-state index contributed by atoms with van der Waals surface area (Å²) in [4.78, 5) is 18.3. The highest BCUT2D eigenvalue weighted by molar-refractivity contribution is 5.93. The Morgan fingerprint density at radius 2 is 2.04 bits per heavy atom. The molecule has 0 saturated carbocycles. The van der Waals surface area contributed by atoms with Gasteiger partial charge in [0.15, 0.2) is 5.69 Å². The van der Waals surface area contributed by atoms with Gasteiger partial charge in [-0.15, -0.1) is 0 Å². The number of likely N-dealkylation sites (tertiary alicyclic amines) is 1. The molecule has 27 heavy (non-hydrogen) atoms. The minimum absolute atomic E-state index is 0.244. The van der Waals surface area contributed by atoms with Gasteiger partial charge in [0.2, 0.25) is 0 Å². The summed E-state index contributed by atoms with van der Waals surface area (Å²) in [5.41, 5.74) is 2.83. The van der Waals surface area contributed by atoms with Gasteiger partial charge in [0.05, 0.1) is 24.3 Å². The number of rotatable bonds is 5. The summed E-state index contributed by atoms with van der Waals surface area (Å²) in [6.45, 7) is 0.213. The number of aromatic nitrogens is 3. The van der Waals surface area contributed by atoms with Gasteiger partial charge in [-0.3, -0.25) is 19.4 Å². The highest BCUT2D eigenvalue weighted by Crippen LogP contribution is 2.26. The van der Waals surface area contributed by atoms with E-state index in [-0.39, 0.29) is 24.7 Å². The molecule has 0 unspecified atom stereocenters.